The molecule has 1 aromatic heterocycles. The van der Waals surface area contributed by atoms with Gasteiger partial charge in [-0.05, 0) is 48.2 Å². The average Bonchev–Trinajstić information content (AvgIpc) is 2.97. The Balaban J connectivity index is 1.84. The predicted molar refractivity (Wildman–Crippen MR) is 142 cm³/mol. The Morgan fingerprint density at radius 2 is 1.67 bits per heavy atom. The molecule has 0 saturated heterocycles. The Bertz CT molecular complexity index is 1240. The van der Waals surface area contributed by atoms with Crippen molar-refractivity contribution in [3.8, 4) is 17.2 Å². The summed E-state index contributed by atoms with van der Waals surface area (Å²) in [5.41, 5.74) is 1.16. The van der Waals surface area contributed by atoms with Crippen LogP contribution in [0, 0.1) is 5.82 Å². The van der Waals surface area contributed by atoms with Gasteiger partial charge >= 0.3 is 0 Å². The van der Waals surface area contributed by atoms with Crippen molar-refractivity contribution < 1.29 is 28.2 Å². The van der Waals surface area contributed by atoms with Crippen molar-refractivity contribution in [3.63, 3.8) is 0 Å². The number of carbonyl (C=O) groups is 2. The van der Waals surface area contributed by atoms with E-state index in [-0.39, 0.29) is 24.2 Å². The van der Waals surface area contributed by atoms with Gasteiger partial charge in [0.15, 0.2) is 11.5 Å². The van der Waals surface area contributed by atoms with Crippen LogP contribution in [0.5, 0.6) is 17.2 Å². The number of hydrogen-bond donors (Lipinski definition) is 1. The van der Waals surface area contributed by atoms with E-state index in [4.69, 9.17) is 14.2 Å². The van der Waals surface area contributed by atoms with Gasteiger partial charge in [-0.1, -0.05) is 31.4 Å². The predicted octanol–water partition coefficient (Wildman–Crippen LogP) is 4.47. The van der Waals surface area contributed by atoms with Crippen molar-refractivity contribution in [1.29, 1.82) is 0 Å². The number of carbonyl (C=O) groups excluding carboxylic acids is 2. The summed E-state index contributed by atoms with van der Waals surface area (Å²) in [6.07, 6.45) is 9.14. The Hall–Kier alpha value is -4.21. The monoisotopic (exact) mass is 536 g/mol. The lowest BCUT2D eigenvalue weighted by atomic mass is 9.94. The molecular formula is C29H33FN4O5. The topological polar surface area (TPSA) is 103 Å². The average molecular weight is 537 g/mol. The molecule has 1 fully saturated rings. The molecule has 9 nitrogen and oxygen atoms in total. The number of benzene rings is 2. The van der Waals surface area contributed by atoms with Crippen molar-refractivity contribution in [1.82, 2.24) is 20.2 Å². The third-order valence-electron chi connectivity index (χ3n) is 6.82. The highest BCUT2D eigenvalue weighted by Crippen LogP contribution is 2.41. The maximum atomic E-state index is 14.1. The highest BCUT2D eigenvalue weighted by molar-refractivity contribution is 5.96. The van der Waals surface area contributed by atoms with E-state index in [0.29, 0.717) is 28.4 Å². The maximum absolute atomic E-state index is 14.1. The van der Waals surface area contributed by atoms with Crippen LogP contribution in [0.25, 0.3) is 0 Å². The number of ether oxygens (including phenoxy) is 3. The number of aromatic nitrogens is 2. The molecule has 0 bridgehead atoms. The van der Waals surface area contributed by atoms with Gasteiger partial charge in [0.1, 0.15) is 17.6 Å². The molecule has 1 aliphatic carbocycles. The second-order valence-corrected chi connectivity index (χ2v) is 9.35. The van der Waals surface area contributed by atoms with Crippen LogP contribution in [0.3, 0.4) is 0 Å². The summed E-state index contributed by atoms with van der Waals surface area (Å²) < 4.78 is 30.3. The van der Waals surface area contributed by atoms with E-state index in [1.54, 1.807) is 24.3 Å². The lowest BCUT2D eigenvalue weighted by molar-refractivity contribution is -0.127. The van der Waals surface area contributed by atoms with E-state index in [0.717, 1.165) is 32.1 Å². The molecule has 39 heavy (non-hydrogen) atoms. The Morgan fingerprint density at radius 1 is 1.00 bits per heavy atom. The zero-order valence-corrected chi connectivity index (χ0v) is 22.4. The van der Waals surface area contributed by atoms with Crippen molar-refractivity contribution in [3.05, 3.63) is 77.6 Å². The molecule has 1 N–H and O–H groups in total. The third-order valence-corrected chi connectivity index (χ3v) is 6.82. The lowest BCUT2D eigenvalue weighted by Gasteiger charge is -2.33. The second-order valence-electron chi connectivity index (χ2n) is 9.35. The van der Waals surface area contributed by atoms with E-state index in [1.807, 2.05) is 0 Å². The van der Waals surface area contributed by atoms with Crippen molar-refractivity contribution >= 4 is 11.8 Å². The first-order chi connectivity index (χ1) is 18.9. The fourth-order valence-corrected chi connectivity index (χ4v) is 4.88. The second kappa shape index (κ2) is 13.0. The minimum atomic E-state index is -1.10. The highest BCUT2D eigenvalue weighted by Gasteiger charge is 2.35. The third kappa shape index (κ3) is 6.63. The minimum absolute atomic E-state index is 0.00456. The van der Waals surface area contributed by atoms with E-state index < -0.39 is 17.8 Å². The normalized spacial score (nSPS) is 14.3. The molecule has 3 aromatic rings. The van der Waals surface area contributed by atoms with Crippen LogP contribution in [0.1, 0.15) is 59.8 Å². The molecule has 1 saturated carbocycles. The summed E-state index contributed by atoms with van der Waals surface area (Å²) >= 11 is 0. The first-order valence-electron chi connectivity index (χ1n) is 12.9. The maximum Gasteiger partial charge on any atom is 0.275 e. The SMILES string of the molecule is COc1cc(C(C(=O)NC2CCCCC2)N(Cc2ccc(F)cc2)C(=O)c2cnccn2)cc(OC)c1OC. The number of hydrogen-bond acceptors (Lipinski definition) is 7. The summed E-state index contributed by atoms with van der Waals surface area (Å²) in [6, 6.07) is 8.01. The molecule has 1 aliphatic rings. The van der Waals surface area contributed by atoms with Crippen LogP contribution < -0.4 is 19.5 Å². The molecule has 4 rings (SSSR count). The Morgan fingerprint density at radius 3 is 2.23 bits per heavy atom. The van der Waals surface area contributed by atoms with E-state index in [2.05, 4.69) is 15.3 Å². The number of halogens is 1. The van der Waals surface area contributed by atoms with Gasteiger partial charge in [0, 0.05) is 25.0 Å². The van der Waals surface area contributed by atoms with Gasteiger partial charge in [0.05, 0.1) is 27.5 Å². The number of nitrogens with zero attached hydrogens (tertiary/aromatic N) is 3. The van der Waals surface area contributed by atoms with Crippen LogP contribution in [-0.4, -0.2) is 54.1 Å². The fourth-order valence-electron chi connectivity index (χ4n) is 4.88. The lowest BCUT2D eigenvalue weighted by Crippen LogP contribution is -2.47. The van der Waals surface area contributed by atoms with Gasteiger partial charge in [-0.25, -0.2) is 9.37 Å². The molecule has 1 heterocycles. The highest BCUT2D eigenvalue weighted by atomic mass is 19.1. The zero-order valence-electron chi connectivity index (χ0n) is 22.4. The zero-order chi connectivity index (χ0) is 27.8. The molecule has 0 spiro atoms. The van der Waals surface area contributed by atoms with Gasteiger partial charge in [0.25, 0.3) is 5.91 Å². The van der Waals surface area contributed by atoms with E-state index >= 15 is 0 Å². The first-order valence-corrected chi connectivity index (χ1v) is 12.9. The van der Waals surface area contributed by atoms with Crippen molar-refractivity contribution in [2.75, 3.05) is 21.3 Å². The standard InChI is InChI=1S/C29H33FN4O5/c1-37-24-15-20(16-25(38-2)27(24)39-3)26(28(35)33-22-7-5-4-6-8-22)34(18-19-9-11-21(30)12-10-19)29(36)23-17-31-13-14-32-23/h9-17,22,26H,4-8,18H2,1-3H3,(H,33,35). The molecule has 206 valence electrons. The van der Waals surface area contributed by atoms with E-state index in [1.165, 1.54) is 57.0 Å². The van der Waals surface area contributed by atoms with Gasteiger partial charge in [-0.3, -0.25) is 14.6 Å². The molecular weight excluding hydrogens is 503 g/mol. The van der Waals surface area contributed by atoms with Gasteiger partial charge in [-0.15, -0.1) is 0 Å². The molecule has 1 unspecified atom stereocenters. The van der Waals surface area contributed by atoms with Crippen LogP contribution in [0.2, 0.25) is 0 Å². The molecule has 2 amide bonds. The van der Waals surface area contributed by atoms with Crippen LogP contribution in [0.4, 0.5) is 4.39 Å². The number of methoxy groups -OCH3 is 3. The van der Waals surface area contributed by atoms with Gasteiger partial charge in [-0.2, -0.15) is 0 Å². The molecule has 1 atom stereocenters. The quantitative estimate of drug-likeness (QED) is 0.408. The minimum Gasteiger partial charge on any atom is -0.493 e. The summed E-state index contributed by atoms with van der Waals surface area (Å²) in [4.78, 5) is 37.7. The van der Waals surface area contributed by atoms with Crippen LogP contribution in [-0.2, 0) is 11.3 Å². The summed E-state index contributed by atoms with van der Waals surface area (Å²) in [5, 5.41) is 3.16. The summed E-state index contributed by atoms with van der Waals surface area (Å²) in [6.45, 7) is 0.00903. The summed E-state index contributed by atoms with van der Waals surface area (Å²) in [7, 11) is 4.46. The fraction of sp³-hybridized carbons (Fsp3) is 0.379. The molecule has 0 radical (unpaired) electrons. The van der Waals surface area contributed by atoms with Gasteiger partial charge < -0.3 is 24.4 Å². The molecule has 10 heteroatoms. The smallest absolute Gasteiger partial charge is 0.275 e. The number of rotatable bonds is 10. The van der Waals surface area contributed by atoms with Crippen LogP contribution in [0.15, 0.2) is 55.0 Å². The van der Waals surface area contributed by atoms with Crippen molar-refractivity contribution in [2.24, 2.45) is 0 Å². The van der Waals surface area contributed by atoms with Crippen LogP contribution >= 0.6 is 0 Å². The largest absolute Gasteiger partial charge is 0.493 e. The molecule has 0 aliphatic heterocycles. The molecule has 2 aromatic carbocycles. The Kier molecular flexibility index (Phi) is 9.30. The van der Waals surface area contributed by atoms with Crippen molar-refractivity contribution in [2.45, 2.75) is 50.7 Å². The Labute approximate surface area is 227 Å². The number of nitrogens with one attached hydrogen (secondary N) is 1. The summed E-state index contributed by atoms with van der Waals surface area (Å²) in [5.74, 6) is -0.213. The first kappa shape index (κ1) is 27.8. The number of amides is 2. The van der Waals surface area contributed by atoms with E-state index in [9.17, 15) is 14.0 Å². The van der Waals surface area contributed by atoms with Gasteiger partial charge in [0.2, 0.25) is 11.7 Å².